The van der Waals surface area contributed by atoms with E-state index in [0.717, 1.165) is 6.07 Å². The molecule has 0 aliphatic carbocycles. The van der Waals surface area contributed by atoms with Crippen molar-refractivity contribution in [2.45, 2.75) is 6.18 Å². The van der Waals surface area contributed by atoms with E-state index in [9.17, 15) is 13.2 Å². The van der Waals surface area contributed by atoms with Gasteiger partial charge in [-0.2, -0.15) is 13.2 Å². The van der Waals surface area contributed by atoms with Crippen molar-refractivity contribution in [1.82, 2.24) is 4.98 Å². The van der Waals surface area contributed by atoms with Gasteiger partial charge in [0.25, 0.3) is 0 Å². The fourth-order valence-corrected chi connectivity index (χ4v) is 1.36. The zero-order chi connectivity index (χ0) is 10.3. The summed E-state index contributed by atoms with van der Waals surface area (Å²) in [5.74, 6) is 0. The number of rotatable bonds is 0. The van der Waals surface area contributed by atoms with E-state index < -0.39 is 11.7 Å². The van der Waals surface area contributed by atoms with E-state index in [1.165, 1.54) is 6.07 Å². The molecule has 0 saturated carbocycles. The van der Waals surface area contributed by atoms with E-state index in [-0.39, 0.29) is 5.69 Å². The van der Waals surface area contributed by atoms with Gasteiger partial charge in [0.05, 0.1) is 5.56 Å². The Hall–Kier alpha value is -1.65. The largest absolute Gasteiger partial charge is 0.418 e. The molecular formula is C9H7F3N2. The van der Waals surface area contributed by atoms with Crippen molar-refractivity contribution in [3.05, 3.63) is 30.0 Å². The predicted molar refractivity (Wildman–Crippen MR) is 47.7 cm³/mol. The van der Waals surface area contributed by atoms with Gasteiger partial charge in [0.2, 0.25) is 0 Å². The standard InChI is InChI=1S/C9H7F3N2/c10-9(11,12)6-4-8-5(1-2-14-8)3-7(6)13/h1-4,14H,13H2. The molecule has 0 unspecified atom stereocenters. The lowest BCUT2D eigenvalue weighted by Crippen LogP contribution is -2.08. The van der Waals surface area contributed by atoms with Crippen LogP contribution in [0.25, 0.3) is 10.9 Å². The molecule has 0 aliphatic heterocycles. The van der Waals surface area contributed by atoms with Crippen LogP contribution in [-0.4, -0.2) is 4.98 Å². The van der Waals surface area contributed by atoms with Gasteiger partial charge in [0, 0.05) is 22.8 Å². The number of fused-ring (bicyclic) bond motifs is 1. The summed E-state index contributed by atoms with van der Waals surface area (Å²) in [7, 11) is 0. The lowest BCUT2D eigenvalue weighted by molar-refractivity contribution is -0.136. The molecule has 0 atom stereocenters. The maximum atomic E-state index is 12.4. The average Bonchev–Trinajstić information content (AvgIpc) is 2.47. The van der Waals surface area contributed by atoms with E-state index in [1.807, 2.05) is 0 Å². The van der Waals surface area contributed by atoms with Gasteiger partial charge in [0.15, 0.2) is 0 Å². The zero-order valence-electron chi connectivity index (χ0n) is 7.02. The van der Waals surface area contributed by atoms with Crippen molar-refractivity contribution in [2.24, 2.45) is 0 Å². The first kappa shape index (κ1) is 8.93. The molecule has 5 heteroatoms. The van der Waals surface area contributed by atoms with Crippen molar-refractivity contribution in [3.63, 3.8) is 0 Å². The van der Waals surface area contributed by atoms with Crippen molar-refractivity contribution in [1.29, 1.82) is 0 Å². The molecular weight excluding hydrogens is 193 g/mol. The van der Waals surface area contributed by atoms with Gasteiger partial charge >= 0.3 is 6.18 Å². The van der Waals surface area contributed by atoms with Crippen LogP contribution in [-0.2, 0) is 6.18 Å². The molecule has 0 amide bonds. The van der Waals surface area contributed by atoms with Crippen molar-refractivity contribution >= 4 is 16.6 Å². The zero-order valence-corrected chi connectivity index (χ0v) is 7.02. The number of anilines is 1. The summed E-state index contributed by atoms with van der Waals surface area (Å²) < 4.78 is 37.2. The van der Waals surface area contributed by atoms with Crippen LogP contribution in [0.2, 0.25) is 0 Å². The molecule has 2 aromatic rings. The number of alkyl halides is 3. The summed E-state index contributed by atoms with van der Waals surface area (Å²) >= 11 is 0. The molecule has 3 N–H and O–H groups in total. The topological polar surface area (TPSA) is 41.8 Å². The highest BCUT2D eigenvalue weighted by Gasteiger charge is 2.33. The van der Waals surface area contributed by atoms with E-state index >= 15 is 0 Å². The summed E-state index contributed by atoms with van der Waals surface area (Å²) in [6.07, 6.45) is -2.83. The molecule has 74 valence electrons. The highest BCUT2D eigenvalue weighted by atomic mass is 19.4. The number of nitrogen functional groups attached to an aromatic ring is 1. The summed E-state index contributed by atoms with van der Waals surface area (Å²) in [5.41, 5.74) is 4.69. The second kappa shape index (κ2) is 2.67. The summed E-state index contributed by atoms with van der Waals surface area (Å²) in [6, 6.07) is 4.01. The number of halogens is 3. The molecule has 2 rings (SSSR count). The van der Waals surface area contributed by atoms with Crippen LogP contribution in [0.1, 0.15) is 5.56 Å². The van der Waals surface area contributed by atoms with Gasteiger partial charge in [-0.15, -0.1) is 0 Å². The summed E-state index contributed by atoms with van der Waals surface area (Å²) in [5, 5.41) is 0.676. The van der Waals surface area contributed by atoms with Crippen LogP contribution < -0.4 is 5.73 Å². The lowest BCUT2D eigenvalue weighted by atomic mass is 10.1. The normalized spacial score (nSPS) is 12.2. The molecule has 0 fully saturated rings. The molecule has 1 aromatic heterocycles. The van der Waals surface area contributed by atoms with Gasteiger partial charge in [0.1, 0.15) is 0 Å². The average molecular weight is 200 g/mol. The highest BCUT2D eigenvalue weighted by molar-refractivity contribution is 5.84. The fraction of sp³-hybridized carbons (Fsp3) is 0.111. The summed E-state index contributed by atoms with van der Waals surface area (Å²) in [6.45, 7) is 0. The van der Waals surface area contributed by atoms with Crippen LogP contribution in [0.3, 0.4) is 0 Å². The van der Waals surface area contributed by atoms with E-state index in [4.69, 9.17) is 5.73 Å². The SMILES string of the molecule is Nc1cc2cc[nH]c2cc1C(F)(F)F. The number of hydrogen-bond donors (Lipinski definition) is 2. The second-order valence-electron chi connectivity index (χ2n) is 3.00. The lowest BCUT2D eigenvalue weighted by Gasteiger charge is -2.09. The Morgan fingerprint density at radius 3 is 2.57 bits per heavy atom. The Balaban J connectivity index is 2.71. The smallest absolute Gasteiger partial charge is 0.398 e. The number of aromatic nitrogens is 1. The Morgan fingerprint density at radius 1 is 1.21 bits per heavy atom. The minimum Gasteiger partial charge on any atom is -0.398 e. The number of benzene rings is 1. The molecule has 1 aromatic carbocycles. The van der Waals surface area contributed by atoms with E-state index in [1.54, 1.807) is 12.3 Å². The monoisotopic (exact) mass is 200 g/mol. The third-order valence-corrected chi connectivity index (χ3v) is 2.03. The van der Waals surface area contributed by atoms with Gasteiger partial charge in [-0.3, -0.25) is 0 Å². The van der Waals surface area contributed by atoms with Crippen molar-refractivity contribution in [2.75, 3.05) is 5.73 Å². The van der Waals surface area contributed by atoms with Crippen LogP contribution >= 0.6 is 0 Å². The molecule has 0 spiro atoms. The van der Waals surface area contributed by atoms with Crippen molar-refractivity contribution in [3.8, 4) is 0 Å². The first-order chi connectivity index (χ1) is 6.48. The number of nitrogens with two attached hydrogens (primary N) is 1. The Bertz CT molecular complexity index is 470. The fourth-order valence-electron chi connectivity index (χ4n) is 1.36. The summed E-state index contributed by atoms with van der Waals surface area (Å²) in [4.78, 5) is 2.70. The minimum atomic E-state index is -4.40. The third-order valence-electron chi connectivity index (χ3n) is 2.03. The molecule has 0 radical (unpaired) electrons. The molecule has 1 heterocycles. The van der Waals surface area contributed by atoms with Gasteiger partial charge in [-0.1, -0.05) is 0 Å². The molecule has 0 bridgehead atoms. The van der Waals surface area contributed by atoms with Gasteiger partial charge in [-0.25, -0.2) is 0 Å². The first-order valence-electron chi connectivity index (χ1n) is 3.92. The van der Waals surface area contributed by atoms with Gasteiger partial charge < -0.3 is 10.7 Å². The Kier molecular flexibility index (Phi) is 1.70. The molecule has 0 saturated heterocycles. The van der Waals surface area contributed by atoms with E-state index in [2.05, 4.69) is 4.98 Å². The maximum absolute atomic E-state index is 12.4. The molecule has 0 aliphatic rings. The quantitative estimate of drug-likeness (QED) is 0.631. The molecule has 2 nitrogen and oxygen atoms in total. The van der Waals surface area contributed by atoms with Crippen LogP contribution in [0.5, 0.6) is 0 Å². The number of H-pyrrole nitrogens is 1. The van der Waals surface area contributed by atoms with Crippen LogP contribution in [0, 0.1) is 0 Å². The van der Waals surface area contributed by atoms with Crippen LogP contribution in [0.4, 0.5) is 18.9 Å². The highest BCUT2D eigenvalue weighted by Crippen LogP contribution is 2.35. The maximum Gasteiger partial charge on any atom is 0.418 e. The molecule has 14 heavy (non-hydrogen) atoms. The number of nitrogens with one attached hydrogen (secondary N) is 1. The third kappa shape index (κ3) is 1.30. The van der Waals surface area contributed by atoms with Crippen LogP contribution in [0.15, 0.2) is 24.4 Å². The Morgan fingerprint density at radius 2 is 1.93 bits per heavy atom. The first-order valence-corrected chi connectivity index (χ1v) is 3.92. The Labute approximate surface area is 77.5 Å². The number of hydrogen-bond acceptors (Lipinski definition) is 1. The van der Waals surface area contributed by atoms with E-state index in [0.29, 0.717) is 10.9 Å². The number of aromatic amines is 1. The second-order valence-corrected chi connectivity index (χ2v) is 3.00. The predicted octanol–water partition coefficient (Wildman–Crippen LogP) is 2.77. The van der Waals surface area contributed by atoms with Crippen molar-refractivity contribution < 1.29 is 13.2 Å². The van der Waals surface area contributed by atoms with Gasteiger partial charge in [-0.05, 0) is 18.2 Å². The minimum absolute atomic E-state index is 0.246.